The maximum absolute atomic E-state index is 12.9. The molecular weight excluding hydrogens is 360 g/mol. The fourth-order valence-corrected chi connectivity index (χ4v) is 3.33. The second-order valence-corrected chi connectivity index (χ2v) is 6.62. The third-order valence-corrected chi connectivity index (χ3v) is 4.78. The van der Waals surface area contributed by atoms with Crippen molar-refractivity contribution >= 4 is 17.5 Å². The zero-order chi connectivity index (χ0) is 19.3. The largest absolute Gasteiger partial charge is 0.484 e. The van der Waals surface area contributed by atoms with Crippen LogP contribution in [0.2, 0.25) is 0 Å². The Labute approximate surface area is 163 Å². The molecule has 4 rings (SSSR count). The molecule has 2 heterocycles. The first-order valence-electron chi connectivity index (χ1n) is 9.33. The van der Waals surface area contributed by atoms with Gasteiger partial charge in [0.1, 0.15) is 11.5 Å². The van der Waals surface area contributed by atoms with E-state index < -0.39 is 6.10 Å². The fourth-order valence-electron chi connectivity index (χ4n) is 3.33. The Morgan fingerprint density at radius 2 is 1.71 bits per heavy atom. The van der Waals surface area contributed by atoms with Crippen LogP contribution >= 0.6 is 0 Å². The van der Waals surface area contributed by atoms with Gasteiger partial charge in [-0.15, -0.1) is 0 Å². The molecule has 146 valence electrons. The number of rotatable bonds is 4. The molecule has 2 aromatic rings. The van der Waals surface area contributed by atoms with E-state index in [0.717, 1.165) is 0 Å². The van der Waals surface area contributed by atoms with Gasteiger partial charge in [0.2, 0.25) is 0 Å². The first kappa shape index (κ1) is 18.3. The molecule has 0 aliphatic carbocycles. The standard InChI is InChI=1S/C21H22N2O5/c24-20(15-27-16-6-2-1-3-7-16)23-14-19(21(25)22-10-12-26-13-11-22)28-18-9-5-4-8-17(18)23/h1-9,19H,10-15H2/t19-/m0/s1. The van der Waals surface area contributed by atoms with Crippen molar-refractivity contribution < 1.29 is 23.8 Å². The summed E-state index contributed by atoms with van der Waals surface area (Å²) >= 11 is 0. The SMILES string of the molecule is O=C([C@@H]1CN(C(=O)COc2ccccc2)c2ccccc2O1)N1CCOCC1. The fraction of sp³-hybridized carbons (Fsp3) is 0.333. The van der Waals surface area contributed by atoms with Crippen LogP contribution in [0.1, 0.15) is 0 Å². The maximum atomic E-state index is 12.9. The summed E-state index contributed by atoms with van der Waals surface area (Å²) in [4.78, 5) is 29.1. The molecule has 0 radical (unpaired) electrons. The van der Waals surface area contributed by atoms with E-state index in [4.69, 9.17) is 14.2 Å². The monoisotopic (exact) mass is 382 g/mol. The molecule has 7 heteroatoms. The summed E-state index contributed by atoms with van der Waals surface area (Å²) in [6, 6.07) is 16.4. The Hall–Kier alpha value is -3.06. The van der Waals surface area contributed by atoms with Gasteiger partial charge < -0.3 is 24.0 Å². The number of nitrogens with zero attached hydrogens (tertiary/aromatic N) is 2. The van der Waals surface area contributed by atoms with E-state index >= 15 is 0 Å². The van der Waals surface area contributed by atoms with Crippen molar-refractivity contribution in [2.45, 2.75) is 6.10 Å². The highest BCUT2D eigenvalue weighted by Gasteiger charge is 2.36. The van der Waals surface area contributed by atoms with Crippen molar-refractivity contribution in [3.63, 3.8) is 0 Å². The lowest BCUT2D eigenvalue weighted by atomic mass is 10.1. The van der Waals surface area contributed by atoms with Crippen molar-refractivity contribution in [2.24, 2.45) is 0 Å². The van der Waals surface area contributed by atoms with E-state index in [0.29, 0.717) is 43.5 Å². The molecule has 2 aliphatic heterocycles. The van der Waals surface area contributed by atoms with Crippen molar-refractivity contribution in [3.05, 3.63) is 54.6 Å². The molecule has 1 atom stereocenters. The molecule has 1 fully saturated rings. The highest BCUT2D eigenvalue weighted by molar-refractivity contribution is 5.98. The zero-order valence-corrected chi connectivity index (χ0v) is 15.5. The molecule has 1 saturated heterocycles. The van der Waals surface area contributed by atoms with Gasteiger partial charge in [0, 0.05) is 13.1 Å². The van der Waals surface area contributed by atoms with Crippen LogP contribution in [0.4, 0.5) is 5.69 Å². The van der Waals surface area contributed by atoms with Gasteiger partial charge in [-0.3, -0.25) is 9.59 Å². The van der Waals surface area contributed by atoms with Crippen LogP contribution in [0.15, 0.2) is 54.6 Å². The number of fused-ring (bicyclic) bond motifs is 1. The van der Waals surface area contributed by atoms with E-state index in [9.17, 15) is 9.59 Å². The van der Waals surface area contributed by atoms with E-state index in [1.165, 1.54) is 0 Å². The van der Waals surface area contributed by atoms with Gasteiger partial charge in [0.05, 0.1) is 25.4 Å². The van der Waals surface area contributed by atoms with Gasteiger partial charge in [0.25, 0.3) is 11.8 Å². The summed E-state index contributed by atoms with van der Waals surface area (Å²) in [7, 11) is 0. The Morgan fingerprint density at radius 1 is 1.00 bits per heavy atom. The number of carbonyl (C=O) groups excluding carboxylic acids is 2. The van der Waals surface area contributed by atoms with Gasteiger partial charge in [0.15, 0.2) is 12.7 Å². The smallest absolute Gasteiger partial charge is 0.265 e. The molecule has 0 N–H and O–H groups in total. The van der Waals surface area contributed by atoms with Crippen LogP contribution in [0.3, 0.4) is 0 Å². The molecule has 0 aromatic heterocycles. The number of hydrogen-bond donors (Lipinski definition) is 0. The number of carbonyl (C=O) groups is 2. The predicted molar refractivity (Wildman–Crippen MR) is 103 cm³/mol. The van der Waals surface area contributed by atoms with Crippen LogP contribution in [0.5, 0.6) is 11.5 Å². The summed E-state index contributed by atoms with van der Waals surface area (Å²) in [6.07, 6.45) is -0.742. The first-order valence-corrected chi connectivity index (χ1v) is 9.33. The molecule has 0 unspecified atom stereocenters. The quantitative estimate of drug-likeness (QED) is 0.806. The third kappa shape index (κ3) is 3.94. The molecule has 2 aliphatic rings. The van der Waals surface area contributed by atoms with Gasteiger partial charge in [-0.25, -0.2) is 0 Å². The van der Waals surface area contributed by atoms with Crippen LogP contribution in [-0.2, 0) is 14.3 Å². The Balaban J connectivity index is 1.50. The molecule has 2 aromatic carbocycles. The van der Waals surface area contributed by atoms with Crippen LogP contribution in [0, 0.1) is 0 Å². The molecule has 0 saturated carbocycles. The average Bonchev–Trinajstić information content (AvgIpc) is 2.77. The molecule has 0 spiro atoms. The average molecular weight is 382 g/mol. The summed E-state index contributed by atoms with van der Waals surface area (Å²) in [6.45, 7) is 2.14. The third-order valence-electron chi connectivity index (χ3n) is 4.78. The normalized spacial score (nSPS) is 18.8. The lowest BCUT2D eigenvalue weighted by Crippen LogP contribution is -2.54. The second kappa shape index (κ2) is 8.31. The van der Waals surface area contributed by atoms with Gasteiger partial charge in [-0.1, -0.05) is 30.3 Å². The summed E-state index contributed by atoms with van der Waals surface area (Å²) in [5.74, 6) is 0.797. The minimum absolute atomic E-state index is 0.114. The number of para-hydroxylation sites is 3. The molecule has 7 nitrogen and oxygen atoms in total. The van der Waals surface area contributed by atoms with E-state index in [1.807, 2.05) is 36.4 Å². The van der Waals surface area contributed by atoms with Gasteiger partial charge in [-0.05, 0) is 24.3 Å². The van der Waals surface area contributed by atoms with E-state index in [2.05, 4.69) is 0 Å². The summed E-state index contributed by atoms with van der Waals surface area (Å²) in [5.41, 5.74) is 0.648. The summed E-state index contributed by atoms with van der Waals surface area (Å²) < 4.78 is 16.8. The minimum atomic E-state index is -0.742. The predicted octanol–water partition coefficient (Wildman–Crippen LogP) is 1.72. The van der Waals surface area contributed by atoms with Crippen molar-refractivity contribution in [3.8, 4) is 11.5 Å². The number of morpholine rings is 1. The van der Waals surface area contributed by atoms with E-state index in [1.54, 1.807) is 28.0 Å². The Morgan fingerprint density at radius 3 is 2.50 bits per heavy atom. The zero-order valence-electron chi connectivity index (χ0n) is 15.5. The molecular formula is C21H22N2O5. The Bertz CT molecular complexity index is 836. The highest BCUT2D eigenvalue weighted by atomic mass is 16.5. The minimum Gasteiger partial charge on any atom is -0.484 e. The number of ether oxygens (including phenoxy) is 3. The number of benzene rings is 2. The lowest BCUT2D eigenvalue weighted by molar-refractivity contribution is -0.142. The molecule has 0 bridgehead atoms. The van der Waals surface area contributed by atoms with E-state index in [-0.39, 0.29) is 25.0 Å². The summed E-state index contributed by atoms with van der Waals surface area (Å²) in [5, 5.41) is 0. The molecule has 28 heavy (non-hydrogen) atoms. The van der Waals surface area contributed by atoms with Crippen molar-refractivity contribution in [2.75, 3.05) is 44.4 Å². The topological polar surface area (TPSA) is 68.3 Å². The van der Waals surface area contributed by atoms with Crippen LogP contribution < -0.4 is 14.4 Å². The van der Waals surface area contributed by atoms with Crippen LogP contribution in [0.25, 0.3) is 0 Å². The highest BCUT2D eigenvalue weighted by Crippen LogP contribution is 2.33. The lowest BCUT2D eigenvalue weighted by Gasteiger charge is -2.37. The van der Waals surface area contributed by atoms with Gasteiger partial charge in [-0.2, -0.15) is 0 Å². The first-order chi connectivity index (χ1) is 13.7. The number of anilines is 1. The molecule has 2 amide bonds. The number of hydrogen-bond acceptors (Lipinski definition) is 5. The van der Waals surface area contributed by atoms with Gasteiger partial charge >= 0.3 is 0 Å². The second-order valence-electron chi connectivity index (χ2n) is 6.62. The van der Waals surface area contributed by atoms with Crippen LogP contribution in [-0.4, -0.2) is 62.3 Å². The van der Waals surface area contributed by atoms with Crippen molar-refractivity contribution in [1.29, 1.82) is 0 Å². The van der Waals surface area contributed by atoms with Crippen molar-refractivity contribution in [1.82, 2.24) is 4.90 Å². The maximum Gasteiger partial charge on any atom is 0.265 e. The Kier molecular flexibility index (Phi) is 5.43. The number of amides is 2.